The number of carbonyl (C=O) groups is 1. The van der Waals surface area contributed by atoms with Gasteiger partial charge in [0, 0.05) is 23.5 Å². The molecule has 0 aliphatic rings. The van der Waals surface area contributed by atoms with Crippen molar-refractivity contribution < 1.29 is 9.53 Å². The second-order valence-corrected chi connectivity index (χ2v) is 6.50. The molecule has 5 nitrogen and oxygen atoms in total. The van der Waals surface area contributed by atoms with Crippen LogP contribution in [0.4, 0.5) is 11.4 Å². The summed E-state index contributed by atoms with van der Waals surface area (Å²) in [6, 6.07) is 16.9. The number of carbonyl (C=O) groups excluding carboxylic acids is 1. The van der Waals surface area contributed by atoms with Crippen LogP contribution in [0.1, 0.15) is 21.6 Å². The van der Waals surface area contributed by atoms with Crippen molar-refractivity contribution in [1.29, 1.82) is 0 Å². The largest absolute Gasteiger partial charge is 0.495 e. The Labute approximate surface area is 163 Å². The third-order valence-electron chi connectivity index (χ3n) is 4.02. The molecule has 3 rings (SSSR count). The van der Waals surface area contributed by atoms with Crippen LogP contribution >= 0.6 is 11.6 Å². The van der Waals surface area contributed by atoms with Crippen molar-refractivity contribution in [2.75, 3.05) is 17.7 Å². The summed E-state index contributed by atoms with van der Waals surface area (Å²) in [7, 11) is 1.53. The van der Waals surface area contributed by atoms with Gasteiger partial charge in [0.1, 0.15) is 11.4 Å². The number of methoxy groups -OCH3 is 1. The van der Waals surface area contributed by atoms with Crippen LogP contribution < -0.4 is 15.4 Å². The van der Waals surface area contributed by atoms with Gasteiger partial charge >= 0.3 is 0 Å². The van der Waals surface area contributed by atoms with Crippen LogP contribution in [0.3, 0.4) is 0 Å². The normalized spacial score (nSPS) is 10.3. The van der Waals surface area contributed by atoms with Crippen molar-refractivity contribution in [1.82, 2.24) is 4.98 Å². The summed E-state index contributed by atoms with van der Waals surface area (Å²) >= 11 is 6.01. The molecule has 0 unspecified atom stereocenters. The summed E-state index contributed by atoms with van der Waals surface area (Å²) in [5.74, 6) is 0.191. The molecule has 1 amide bonds. The molecular formula is C21H20ClN3O2. The number of benzene rings is 2. The predicted molar refractivity (Wildman–Crippen MR) is 109 cm³/mol. The number of aryl methyl sites for hydroxylation is 1. The summed E-state index contributed by atoms with van der Waals surface area (Å²) in [6.07, 6.45) is 1.60. The molecule has 0 bridgehead atoms. The molecule has 1 aromatic heterocycles. The minimum absolute atomic E-state index is 0.297. The third-order valence-corrected chi connectivity index (χ3v) is 4.25. The van der Waals surface area contributed by atoms with E-state index in [9.17, 15) is 4.79 Å². The number of aromatic nitrogens is 1. The minimum Gasteiger partial charge on any atom is -0.495 e. The van der Waals surface area contributed by atoms with Crippen molar-refractivity contribution in [3.8, 4) is 5.75 Å². The van der Waals surface area contributed by atoms with Crippen LogP contribution in [0.25, 0.3) is 0 Å². The summed E-state index contributed by atoms with van der Waals surface area (Å²) in [4.78, 5) is 16.7. The standard InChI is InChI=1S/C21H20ClN3O2/c1-14-3-5-15(6-4-14)13-24-17-9-10-23-19(12-17)21(26)25-18-11-16(22)7-8-20(18)27-2/h3-12H,13H2,1-2H3,(H,23,24)(H,25,26). The number of rotatable bonds is 6. The Morgan fingerprint density at radius 3 is 2.63 bits per heavy atom. The highest BCUT2D eigenvalue weighted by molar-refractivity contribution is 6.31. The van der Waals surface area contributed by atoms with Gasteiger partial charge in [-0.2, -0.15) is 0 Å². The fraction of sp³-hybridized carbons (Fsp3) is 0.143. The van der Waals surface area contributed by atoms with Crippen LogP contribution in [0.15, 0.2) is 60.8 Å². The minimum atomic E-state index is -0.338. The van der Waals surface area contributed by atoms with Crippen molar-refractivity contribution in [3.05, 3.63) is 82.6 Å². The predicted octanol–water partition coefficient (Wildman–Crippen LogP) is 4.92. The lowest BCUT2D eigenvalue weighted by Crippen LogP contribution is -2.14. The van der Waals surface area contributed by atoms with E-state index in [2.05, 4.69) is 46.8 Å². The van der Waals surface area contributed by atoms with Crippen molar-refractivity contribution in [2.24, 2.45) is 0 Å². The topological polar surface area (TPSA) is 63.2 Å². The number of pyridine rings is 1. The summed E-state index contributed by atoms with van der Waals surface area (Å²) in [6.45, 7) is 2.72. The first-order valence-electron chi connectivity index (χ1n) is 8.45. The van der Waals surface area contributed by atoms with Gasteiger partial charge in [-0.05, 0) is 42.8 Å². The van der Waals surface area contributed by atoms with Crippen LogP contribution in [0.2, 0.25) is 5.02 Å². The molecule has 2 N–H and O–H groups in total. The number of ether oxygens (including phenoxy) is 1. The lowest BCUT2D eigenvalue weighted by molar-refractivity contribution is 0.102. The highest BCUT2D eigenvalue weighted by atomic mass is 35.5. The third kappa shape index (κ3) is 4.99. The van der Waals surface area contributed by atoms with Gasteiger partial charge in [-0.3, -0.25) is 9.78 Å². The number of hydrogen-bond donors (Lipinski definition) is 2. The van der Waals surface area contributed by atoms with Gasteiger partial charge in [-0.25, -0.2) is 0 Å². The van der Waals surface area contributed by atoms with Crippen LogP contribution in [0.5, 0.6) is 5.75 Å². The first-order chi connectivity index (χ1) is 13.0. The molecular weight excluding hydrogens is 362 g/mol. The van der Waals surface area contributed by atoms with Crippen LogP contribution in [-0.2, 0) is 6.54 Å². The van der Waals surface area contributed by atoms with Gasteiger partial charge in [0.25, 0.3) is 5.91 Å². The van der Waals surface area contributed by atoms with Gasteiger partial charge in [-0.1, -0.05) is 41.4 Å². The zero-order valence-corrected chi connectivity index (χ0v) is 15.9. The molecule has 6 heteroatoms. The van der Waals surface area contributed by atoms with E-state index in [0.717, 1.165) is 11.3 Å². The van der Waals surface area contributed by atoms with E-state index in [-0.39, 0.29) is 5.91 Å². The number of anilines is 2. The smallest absolute Gasteiger partial charge is 0.274 e. The summed E-state index contributed by atoms with van der Waals surface area (Å²) in [5, 5.41) is 6.60. The molecule has 138 valence electrons. The number of nitrogens with zero attached hydrogens (tertiary/aromatic N) is 1. The number of hydrogen-bond acceptors (Lipinski definition) is 4. The van der Waals surface area contributed by atoms with Gasteiger partial charge < -0.3 is 15.4 Å². The zero-order valence-electron chi connectivity index (χ0n) is 15.1. The Morgan fingerprint density at radius 2 is 1.89 bits per heavy atom. The summed E-state index contributed by atoms with van der Waals surface area (Å²) in [5.41, 5.74) is 3.99. The van der Waals surface area contributed by atoms with Gasteiger partial charge in [0.15, 0.2) is 0 Å². The van der Waals surface area contributed by atoms with Crippen molar-refractivity contribution in [2.45, 2.75) is 13.5 Å². The molecule has 0 spiro atoms. The van der Waals surface area contributed by atoms with Crippen molar-refractivity contribution in [3.63, 3.8) is 0 Å². The quantitative estimate of drug-likeness (QED) is 0.636. The van der Waals surface area contributed by atoms with Crippen LogP contribution in [-0.4, -0.2) is 18.0 Å². The van der Waals surface area contributed by atoms with Crippen molar-refractivity contribution >= 4 is 28.9 Å². The van der Waals surface area contributed by atoms with E-state index < -0.39 is 0 Å². The van der Waals surface area contributed by atoms with E-state index >= 15 is 0 Å². The second-order valence-electron chi connectivity index (χ2n) is 6.07. The Kier molecular flexibility index (Phi) is 5.94. The van der Waals surface area contributed by atoms with E-state index in [1.165, 1.54) is 12.7 Å². The Bertz CT molecular complexity index is 942. The molecule has 1 heterocycles. The molecule has 2 aromatic carbocycles. The Balaban J connectivity index is 1.70. The maximum atomic E-state index is 12.6. The highest BCUT2D eigenvalue weighted by Gasteiger charge is 2.12. The first-order valence-corrected chi connectivity index (χ1v) is 8.83. The van der Waals surface area contributed by atoms with E-state index in [0.29, 0.717) is 28.7 Å². The highest BCUT2D eigenvalue weighted by Crippen LogP contribution is 2.28. The van der Waals surface area contributed by atoms with E-state index in [1.54, 1.807) is 30.5 Å². The monoisotopic (exact) mass is 381 g/mol. The van der Waals surface area contributed by atoms with Gasteiger partial charge in [-0.15, -0.1) is 0 Å². The van der Waals surface area contributed by atoms with Gasteiger partial charge in [0.2, 0.25) is 0 Å². The molecule has 0 aliphatic heterocycles. The molecule has 0 fully saturated rings. The fourth-order valence-electron chi connectivity index (χ4n) is 2.54. The molecule has 0 saturated carbocycles. The maximum Gasteiger partial charge on any atom is 0.274 e. The zero-order chi connectivity index (χ0) is 19.2. The molecule has 3 aromatic rings. The fourth-order valence-corrected chi connectivity index (χ4v) is 2.71. The lowest BCUT2D eigenvalue weighted by atomic mass is 10.1. The SMILES string of the molecule is COc1ccc(Cl)cc1NC(=O)c1cc(NCc2ccc(C)cc2)ccn1. The molecule has 0 atom stereocenters. The second kappa shape index (κ2) is 8.56. The van der Waals surface area contributed by atoms with E-state index in [4.69, 9.17) is 16.3 Å². The van der Waals surface area contributed by atoms with Crippen LogP contribution in [0, 0.1) is 6.92 Å². The maximum absolute atomic E-state index is 12.6. The Morgan fingerprint density at radius 1 is 1.11 bits per heavy atom. The molecule has 0 aliphatic carbocycles. The molecule has 0 radical (unpaired) electrons. The molecule has 27 heavy (non-hydrogen) atoms. The average Bonchev–Trinajstić information content (AvgIpc) is 2.68. The lowest BCUT2D eigenvalue weighted by Gasteiger charge is -2.11. The van der Waals surface area contributed by atoms with Gasteiger partial charge in [0.05, 0.1) is 12.8 Å². The average molecular weight is 382 g/mol. The first kappa shape index (κ1) is 18.7. The number of halogens is 1. The molecule has 0 saturated heterocycles. The number of amides is 1. The van der Waals surface area contributed by atoms with E-state index in [1.807, 2.05) is 6.07 Å². The Hall–Kier alpha value is -3.05. The summed E-state index contributed by atoms with van der Waals surface area (Å²) < 4.78 is 5.25. The number of nitrogens with one attached hydrogen (secondary N) is 2.